The number of methoxy groups -OCH3 is 1. The summed E-state index contributed by atoms with van der Waals surface area (Å²) in [6.45, 7) is 0.448. The van der Waals surface area contributed by atoms with E-state index >= 15 is 0 Å². The zero-order valence-corrected chi connectivity index (χ0v) is 16.8. The van der Waals surface area contributed by atoms with Crippen molar-refractivity contribution in [1.29, 1.82) is 0 Å². The lowest BCUT2D eigenvalue weighted by molar-refractivity contribution is -0.152. The van der Waals surface area contributed by atoms with Crippen molar-refractivity contribution in [3.8, 4) is 0 Å². The molecular weight excluding hydrogens is 354 g/mol. The number of nitrogens with zero attached hydrogens (tertiary/aromatic N) is 5. The molecule has 148 valence electrons. The highest BCUT2D eigenvalue weighted by Crippen LogP contribution is 2.59. The number of para-hydroxylation sites is 1. The quantitative estimate of drug-likeness (QED) is 0.795. The van der Waals surface area contributed by atoms with E-state index in [1.807, 2.05) is 47.9 Å². The molecule has 1 amide bonds. The number of carbonyl (C=O) groups excluding carboxylic acids is 1. The predicted molar refractivity (Wildman–Crippen MR) is 106 cm³/mol. The minimum atomic E-state index is 0.120. The van der Waals surface area contributed by atoms with Gasteiger partial charge in [-0.2, -0.15) is 0 Å². The molecule has 7 heteroatoms. The summed E-state index contributed by atoms with van der Waals surface area (Å²) >= 11 is 0. The summed E-state index contributed by atoms with van der Waals surface area (Å²) < 4.78 is 7.74. The maximum absolute atomic E-state index is 12.5. The van der Waals surface area contributed by atoms with E-state index in [0.29, 0.717) is 25.1 Å². The first kappa shape index (κ1) is 17.7. The van der Waals surface area contributed by atoms with Crippen LogP contribution in [-0.4, -0.2) is 47.0 Å². The molecule has 28 heavy (non-hydrogen) atoms. The van der Waals surface area contributed by atoms with Crippen LogP contribution in [0.5, 0.6) is 0 Å². The van der Waals surface area contributed by atoms with Gasteiger partial charge in [0, 0.05) is 38.3 Å². The van der Waals surface area contributed by atoms with Gasteiger partial charge in [-0.3, -0.25) is 9.36 Å². The number of aromatic nitrogens is 3. The average molecular weight is 381 g/mol. The number of amides is 1. The lowest BCUT2D eigenvalue weighted by Crippen LogP contribution is -2.67. The maximum atomic E-state index is 12.5. The molecule has 1 aliphatic heterocycles. The minimum Gasteiger partial charge on any atom is -0.381 e. The number of rotatable bonds is 5. The van der Waals surface area contributed by atoms with Crippen LogP contribution in [0.1, 0.15) is 37.1 Å². The summed E-state index contributed by atoms with van der Waals surface area (Å²) in [7, 11) is 5.93. The first-order valence-electron chi connectivity index (χ1n) is 10.1. The van der Waals surface area contributed by atoms with E-state index in [4.69, 9.17) is 4.74 Å². The van der Waals surface area contributed by atoms with Crippen LogP contribution < -0.4 is 9.80 Å². The van der Waals surface area contributed by atoms with Crippen molar-refractivity contribution in [2.75, 3.05) is 24.0 Å². The highest BCUT2D eigenvalue weighted by atomic mass is 16.5. The fourth-order valence-corrected chi connectivity index (χ4v) is 5.41. The molecule has 2 aromatic rings. The topological polar surface area (TPSA) is 63.5 Å². The Hall–Kier alpha value is -2.41. The van der Waals surface area contributed by atoms with Crippen molar-refractivity contribution < 1.29 is 9.53 Å². The number of carbonyl (C=O) groups is 1. The zero-order chi connectivity index (χ0) is 19.5. The Morgan fingerprint density at radius 2 is 2.07 bits per heavy atom. The number of hydrogen-bond acceptors (Lipinski definition) is 5. The molecule has 1 aromatic heterocycles. The van der Waals surface area contributed by atoms with Crippen LogP contribution >= 0.6 is 0 Å². The smallest absolute Gasteiger partial charge is 0.231 e. The van der Waals surface area contributed by atoms with Gasteiger partial charge in [0.25, 0.3) is 0 Å². The number of fused-ring (bicyclic) bond motifs is 1. The number of ether oxygens (including phenoxy) is 1. The van der Waals surface area contributed by atoms with Crippen molar-refractivity contribution in [2.45, 2.75) is 50.8 Å². The van der Waals surface area contributed by atoms with Crippen LogP contribution in [0.15, 0.2) is 24.3 Å². The Kier molecular flexibility index (Phi) is 3.98. The summed E-state index contributed by atoms with van der Waals surface area (Å²) in [6, 6.07) is 8.41. The third kappa shape index (κ3) is 2.35. The summed E-state index contributed by atoms with van der Waals surface area (Å²) in [6.07, 6.45) is 5.59. The van der Waals surface area contributed by atoms with Gasteiger partial charge in [0.1, 0.15) is 0 Å². The van der Waals surface area contributed by atoms with Gasteiger partial charge in [-0.15, -0.1) is 10.2 Å². The summed E-state index contributed by atoms with van der Waals surface area (Å²) in [5, 5.41) is 8.90. The number of hydrogen-bond donors (Lipinski definition) is 0. The van der Waals surface area contributed by atoms with Gasteiger partial charge in [-0.25, -0.2) is 0 Å². The molecule has 2 atom stereocenters. The largest absolute Gasteiger partial charge is 0.381 e. The van der Waals surface area contributed by atoms with Crippen LogP contribution in [0, 0.1) is 5.41 Å². The Morgan fingerprint density at radius 1 is 1.29 bits per heavy atom. The molecule has 2 fully saturated rings. The molecule has 2 unspecified atom stereocenters. The first-order chi connectivity index (χ1) is 13.5. The Balaban J connectivity index is 1.37. The van der Waals surface area contributed by atoms with Gasteiger partial charge >= 0.3 is 0 Å². The predicted octanol–water partition coefficient (Wildman–Crippen LogP) is 2.30. The molecule has 1 spiro atoms. The summed E-state index contributed by atoms with van der Waals surface area (Å²) in [4.78, 5) is 16.6. The van der Waals surface area contributed by atoms with Gasteiger partial charge < -0.3 is 14.5 Å². The first-order valence-corrected chi connectivity index (χ1v) is 10.1. The van der Waals surface area contributed by atoms with Gasteiger partial charge in [0.15, 0.2) is 5.82 Å². The molecule has 3 aliphatic rings. The van der Waals surface area contributed by atoms with Gasteiger partial charge in [0.2, 0.25) is 11.9 Å². The van der Waals surface area contributed by atoms with Crippen molar-refractivity contribution in [3.05, 3.63) is 35.7 Å². The van der Waals surface area contributed by atoms with Crippen molar-refractivity contribution in [3.63, 3.8) is 0 Å². The lowest BCUT2D eigenvalue weighted by atomic mass is 9.50. The second-order valence-corrected chi connectivity index (χ2v) is 8.43. The second-order valence-electron chi connectivity index (χ2n) is 8.43. The average Bonchev–Trinajstić information content (AvgIpc) is 3.14. The van der Waals surface area contributed by atoms with E-state index in [1.165, 1.54) is 19.3 Å². The highest BCUT2D eigenvalue weighted by Gasteiger charge is 2.60. The number of benzene rings is 1. The zero-order valence-electron chi connectivity index (χ0n) is 16.8. The summed E-state index contributed by atoms with van der Waals surface area (Å²) in [5.41, 5.74) is 2.35. The van der Waals surface area contributed by atoms with E-state index in [-0.39, 0.29) is 11.3 Å². The molecule has 2 aliphatic carbocycles. The van der Waals surface area contributed by atoms with E-state index in [0.717, 1.165) is 29.4 Å². The molecule has 5 rings (SSSR count). The van der Waals surface area contributed by atoms with Gasteiger partial charge in [-0.05, 0) is 30.9 Å². The lowest BCUT2D eigenvalue weighted by Gasteiger charge is -2.62. The number of anilines is 2. The van der Waals surface area contributed by atoms with E-state index < -0.39 is 0 Å². The highest BCUT2D eigenvalue weighted by molar-refractivity contribution is 6.01. The third-order valence-corrected chi connectivity index (χ3v) is 7.26. The molecule has 7 nitrogen and oxygen atoms in total. The SMILES string of the molecule is COC1CC(N(C)c2nnc(CN3C(=O)Cc4ccccc43)n2C)C12CCC2. The molecule has 2 saturated carbocycles. The molecule has 0 bridgehead atoms. The van der Waals surface area contributed by atoms with E-state index in [1.54, 1.807) is 0 Å². The monoisotopic (exact) mass is 381 g/mol. The molecular formula is C21H27N5O2. The molecule has 0 N–H and O–H groups in total. The minimum absolute atomic E-state index is 0.120. The van der Waals surface area contributed by atoms with Crippen LogP contribution in [0.3, 0.4) is 0 Å². The second kappa shape index (κ2) is 6.30. The van der Waals surface area contributed by atoms with Gasteiger partial charge in [0.05, 0.1) is 19.1 Å². The molecule has 1 aromatic carbocycles. The maximum Gasteiger partial charge on any atom is 0.231 e. The van der Waals surface area contributed by atoms with Crippen molar-refractivity contribution >= 4 is 17.5 Å². The normalized spacial score (nSPS) is 24.8. The Bertz CT molecular complexity index is 919. The van der Waals surface area contributed by atoms with Crippen molar-refractivity contribution in [1.82, 2.24) is 14.8 Å². The third-order valence-electron chi connectivity index (χ3n) is 7.26. The Labute approximate surface area is 165 Å². The van der Waals surface area contributed by atoms with Crippen LogP contribution in [0.25, 0.3) is 0 Å². The Morgan fingerprint density at radius 3 is 2.79 bits per heavy atom. The molecule has 2 heterocycles. The van der Waals surface area contributed by atoms with Crippen LogP contribution in [0.2, 0.25) is 0 Å². The van der Waals surface area contributed by atoms with E-state index in [2.05, 4.69) is 22.1 Å². The van der Waals surface area contributed by atoms with Crippen molar-refractivity contribution in [2.24, 2.45) is 12.5 Å². The fraction of sp³-hybridized carbons (Fsp3) is 0.571. The summed E-state index contributed by atoms with van der Waals surface area (Å²) in [5.74, 6) is 1.78. The van der Waals surface area contributed by atoms with Crippen LogP contribution in [0.4, 0.5) is 11.6 Å². The fourth-order valence-electron chi connectivity index (χ4n) is 5.41. The van der Waals surface area contributed by atoms with Gasteiger partial charge in [-0.1, -0.05) is 24.6 Å². The molecule has 0 saturated heterocycles. The van der Waals surface area contributed by atoms with E-state index in [9.17, 15) is 4.79 Å². The van der Waals surface area contributed by atoms with Crippen LogP contribution in [-0.2, 0) is 29.5 Å². The molecule has 0 radical (unpaired) electrons. The standard InChI is InChI=1S/C21H27N5O2/c1-24(16-12-17(28-3)21(16)9-6-10-21)20-23-22-18(25(20)2)13-26-15-8-5-4-7-14(15)11-19(26)27/h4-5,7-8,16-17H,6,9-13H2,1-3H3.